The van der Waals surface area contributed by atoms with Gasteiger partial charge in [0.2, 0.25) is 0 Å². The van der Waals surface area contributed by atoms with Crippen molar-refractivity contribution in [3.63, 3.8) is 0 Å². The van der Waals surface area contributed by atoms with Crippen LogP contribution in [0.15, 0.2) is 23.2 Å². The fourth-order valence-corrected chi connectivity index (χ4v) is 4.72. The molecule has 0 radical (unpaired) electrons. The summed E-state index contributed by atoms with van der Waals surface area (Å²) in [5.74, 6) is -4.24. The molecule has 0 spiro atoms. The van der Waals surface area contributed by atoms with Crippen molar-refractivity contribution < 1.29 is 33.8 Å². The molecule has 2 unspecified atom stereocenters. The van der Waals surface area contributed by atoms with Gasteiger partial charge in [-0.15, -0.1) is 0 Å². The van der Waals surface area contributed by atoms with Gasteiger partial charge in [-0.25, -0.2) is 0 Å². The van der Waals surface area contributed by atoms with Crippen molar-refractivity contribution in [2.45, 2.75) is 51.9 Å². The Balaban J connectivity index is 1.85. The van der Waals surface area contributed by atoms with Crippen molar-refractivity contribution in [3.8, 4) is 0 Å². The van der Waals surface area contributed by atoms with Crippen molar-refractivity contribution in [3.05, 3.63) is 29.3 Å². The van der Waals surface area contributed by atoms with Crippen LogP contribution >= 0.6 is 7.60 Å². The minimum atomic E-state index is -3.83. The average molecular weight is 425 g/mol. The monoisotopic (exact) mass is 425 g/mol. The molecule has 160 valence electrons. The number of fused-ring (bicyclic) bond motifs is 1. The van der Waals surface area contributed by atoms with Gasteiger partial charge in [0, 0.05) is 11.1 Å². The predicted molar refractivity (Wildman–Crippen MR) is 109 cm³/mol. The quantitative estimate of drug-likeness (QED) is 0.278. The number of unbranched alkanes of at least 4 members (excludes halogenated alkanes) is 1. The van der Waals surface area contributed by atoms with E-state index in [-0.39, 0.29) is 25.6 Å². The smallest absolute Gasteiger partial charge is 0.328 e. The van der Waals surface area contributed by atoms with Gasteiger partial charge in [-0.05, 0) is 51.2 Å². The SMILES string of the molecule is CC1=Nc2ccc(C)cc2C1(C)CCP(=O)(O)OCCCCC(C(=O)O)C(=O)O. The Hall–Kier alpha value is -2.02. The predicted octanol–water partition coefficient (Wildman–Crippen LogP) is 3.91. The molecule has 1 aliphatic rings. The van der Waals surface area contributed by atoms with Crippen molar-refractivity contribution in [1.29, 1.82) is 0 Å². The third-order valence-corrected chi connectivity index (χ3v) is 6.88. The fraction of sp³-hybridized carbons (Fsp3) is 0.550. The highest BCUT2D eigenvalue weighted by Gasteiger charge is 2.38. The van der Waals surface area contributed by atoms with Gasteiger partial charge >= 0.3 is 19.5 Å². The van der Waals surface area contributed by atoms with E-state index >= 15 is 0 Å². The second-order valence-corrected chi connectivity index (χ2v) is 9.70. The summed E-state index contributed by atoms with van der Waals surface area (Å²) in [6, 6.07) is 6.00. The van der Waals surface area contributed by atoms with Crippen LogP contribution in [0.3, 0.4) is 0 Å². The molecule has 3 N–H and O–H groups in total. The topological polar surface area (TPSA) is 133 Å². The second kappa shape index (κ2) is 9.20. The normalized spacial score (nSPS) is 20.2. The van der Waals surface area contributed by atoms with Gasteiger partial charge < -0.3 is 19.6 Å². The van der Waals surface area contributed by atoms with Crippen molar-refractivity contribution >= 4 is 30.9 Å². The van der Waals surface area contributed by atoms with Crippen LogP contribution in [0.1, 0.15) is 50.7 Å². The first kappa shape index (κ1) is 23.3. The standard InChI is InChI=1S/C20H28NO7P/c1-13-7-8-17-16(12-13)20(3,14(2)21-17)9-11-29(26,27)28-10-5-4-6-15(18(22)23)19(24)25/h7-8,12,15H,4-6,9-11H2,1-3H3,(H,22,23)(H,24,25)(H,26,27). The number of carboxylic acids is 2. The molecule has 1 aromatic rings. The zero-order valence-electron chi connectivity index (χ0n) is 16.9. The third kappa shape index (κ3) is 5.75. The van der Waals surface area contributed by atoms with Crippen molar-refractivity contribution in [1.82, 2.24) is 0 Å². The van der Waals surface area contributed by atoms with Gasteiger partial charge in [0.05, 0.1) is 18.5 Å². The highest BCUT2D eigenvalue weighted by atomic mass is 31.2. The van der Waals surface area contributed by atoms with Gasteiger partial charge in [0.15, 0.2) is 5.92 Å². The summed E-state index contributed by atoms with van der Waals surface area (Å²) in [5, 5.41) is 17.7. The summed E-state index contributed by atoms with van der Waals surface area (Å²) in [6.45, 7) is 5.89. The molecule has 0 aromatic heterocycles. The van der Waals surface area contributed by atoms with E-state index in [4.69, 9.17) is 14.7 Å². The Morgan fingerprint density at radius 1 is 1.21 bits per heavy atom. The molecular weight excluding hydrogens is 397 g/mol. The molecule has 0 amide bonds. The van der Waals surface area contributed by atoms with E-state index < -0.39 is 30.9 Å². The zero-order valence-corrected chi connectivity index (χ0v) is 17.8. The first-order valence-corrected chi connectivity index (χ1v) is 11.3. The molecule has 0 aliphatic carbocycles. The Morgan fingerprint density at radius 2 is 1.86 bits per heavy atom. The second-order valence-electron chi connectivity index (χ2n) is 7.72. The lowest BCUT2D eigenvalue weighted by atomic mass is 9.77. The zero-order chi connectivity index (χ0) is 21.8. The molecule has 1 heterocycles. The maximum Gasteiger partial charge on any atom is 0.328 e. The number of carboxylic acid groups (broad SMARTS) is 2. The molecule has 8 nitrogen and oxygen atoms in total. The number of rotatable bonds is 11. The first-order valence-electron chi connectivity index (χ1n) is 9.55. The molecule has 1 aliphatic heterocycles. The van der Waals surface area contributed by atoms with Crippen LogP contribution in [0, 0.1) is 12.8 Å². The summed E-state index contributed by atoms with van der Waals surface area (Å²) in [7, 11) is -3.83. The summed E-state index contributed by atoms with van der Waals surface area (Å²) >= 11 is 0. The van der Waals surface area contributed by atoms with E-state index in [1.165, 1.54) is 0 Å². The molecule has 0 saturated heterocycles. The van der Waals surface area contributed by atoms with Gasteiger partial charge in [-0.2, -0.15) is 0 Å². The van der Waals surface area contributed by atoms with Crippen LogP contribution < -0.4 is 0 Å². The minimum absolute atomic E-state index is 0.0286. The van der Waals surface area contributed by atoms with E-state index in [9.17, 15) is 19.0 Å². The molecule has 2 atom stereocenters. The molecule has 2 rings (SSSR count). The lowest BCUT2D eigenvalue weighted by Gasteiger charge is -2.27. The number of aliphatic imine (C=N–C) groups is 1. The average Bonchev–Trinajstić information content (AvgIpc) is 2.87. The van der Waals surface area contributed by atoms with E-state index in [1.54, 1.807) is 0 Å². The molecule has 0 fully saturated rings. The van der Waals surface area contributed by atoms with Crippen molar-refractivity contribution in [2.75, 3.05) is 12.8 Å². The number of benzene rings is 1. The number of hydrogen-bond donors (Lipinski definition) is 3. The largest absolute Gasteiger partial charge is 0.481 e. The van der Waals surface area contributed by atoms with Gasteiger partial charge in [0.25, 0.3) is 0 Å². The Kier molecular flexibility index (Phi) is 7.38. The summed E-state index contributed by atoms with van der Waals surface area (Å²) in [4.78, 5) is 36.4. The van der Waals surface area contributed by atoms with Crippen LogP contribution in [-0.4, -0.2) is 45.5 Å². The summed E-state index contributed by atoms with van der Waals surface area (Å²) in [5.41, 5.74) is 3.49. The van der Waals surface area contributed by atoms with E-state index in [2.05, 4.69) is 11.1 Å². The fourth-order valence-electron chi connectivity index (χ4n) is 3.44. The van der Waals surface area contributed by atoms with Gasteiger partial charge in [0.1, 0.15) is 0 Å². The number of nitrogens with zero attached hydrogens (tertiary/aromatic N) is 1. The number of aliphatic carboxylic acids is 2. The van der Waals surface area contributed by atoms with Crippen LogP contribution in [0.5, 0.6) is 0 Å². The van der Waals surface area contributed by atoms with Crippen LogP contribution in [0.2, 0.25) is 0 Å². The molecule has 1 aromatic carbocycles. The molecule has 0 bridgehead atoms. The van der Waals surface area contributed by atoms with Crippen LogP contribution in [0.25, 0.3) is 0 Å². The minimum Gasteiger partial charge on any atom is -0.481 e. The lowest BCUT2D eigenvalue weighted by molar-refractivity contribution is -0.154. The third-order valence-electron chi connectivity index (χ3n) is 5.50. The Morgan fingerprint density at radius 3 is 2.48 bits per heavy atom. The Labute approximate surface area is 170 Å². The van der Waals surface area contributed by atoms with Crippen molar-refractivity contribution in [2.24, 2.45) is 10.9 Å². The molecule has 9 heteroatoms. The highest BCUT2D eigenvalue weighted by molar-refractivity contribution is 7.52. The highest BCUT2D eigenvalue weighted by Crippen LogP contribution is 2.49. The van der Waals surface area contributed by atoms with Gasteiger partial charge in [-0.1, -0.05) is 24.6 Å². The van der Waals surface area contributed by atoms with Gasteiger partial charge in [-0.3, -0.25) is 19.1 Å². The number of hydrogen-bond acceptors (Lipinski definition) is 5. The summed E-state index contributed by atoms with van der Waals surface area (Å²) < 4.78 is 17.6. The number of carbonyl (C=O) groups is 2. The molecular formula is C20H28NO7P. The van der Waals surface area contributed by atoms with E-state index in [0.29, 0.717) is 12.8 Å². The van der Waals surface area contributed by atoms with E-state index in [1.807, 2.05) is 32.9 Å². The lowest BCUT2D eigenvalue weighted by Crippen LogP contribution is -2.29. The molecule has 0 saturated carbocycles. The Bertz CT molecular complexity index is 852. The first-order chi connectivity index (χ1) is 13.5. The maximum absolute atomic E-state index is 12.4. The maximum atomic E-state index is 12.4. The summed E-state index contributed by atoms with van der Waals surface area (Å²) in [6.07, 6.45) is 0.914. The van der Waals surface area contributed by atoms with E-state index in [0.717, 1.165) is 22.5 Å². The number of aryl methyl sites for hydroxylation is 1. The van der Waals surface area contributed by atoms with Crippen LogP contribution in [-0.2, 0) is 24.1 Å². The molecule has 29 heavy (non-hydrogen) atoms. The van der Waals surface area contributed by atoms with Crippen LogP contribution in [0.4, 0.5) is 5.69 Å².